The Morgan fingerprint density at radius 3 is 2.52 bits per heavy atom. The Balaban J connectivity index is 2.07. The van der Waals surface area contributed by atoms with E-state index in [2.05, 4.69) is 5.32 Å². The first-order valence-corrected chi connectivity index (χ1v) is 6.63. The van der Waals surface area contributed by atoms with Crippen LogP contribution in [-0.4, -0.2) is 22.1 Å². The SMILES string of the molecule is Cn1cc(C(=O)NCC(C)(O)c2ccccc2)ccc1=O. The molecule has 0 fully saturated rings. The molecular formula is C16H18N2O3. The molecule has 1 heterocycles. The number of aryl methyl sites for hydroxylation is 1. The van der Waals surface area contributed by atoms with Gasteiger partial charge in [0.1, 0.15) is 5.60 Å². The predicted octanol–water partition coefficient (Wildman–Crippen LogP) is 1.02. The van der Waals surface area contributed by atoms with E-state index in [-0.39, 0.29) is 18.0 Å². The smallest absolute Gasteiger partial charge is 0.252 e. The second kappa shape index (κ2) is 5.93. The quantitative estimate of drug-likeness (QED) is 0.881. The highest BCUT2D eigenvalue weighted by Gasteiger charge is 2.23. The molecule has 1 aromatic heterocycles. The monoisotopic (exact) mass is 286 g/mol. The van der Waals surface area contributed by atoms with Crippen LogP contribution >= 0.6 is 0 Å². The lowest BCUT2D eigenvalue weighted by Crippen LogP contribution is -2.38. The maximum Gasteiger partial charge on any atom is 0.252 e. The fourth-order valence-electron chi connectivity index (χ4n) is 1.98. The van der Waals surface area contributed by atoms with Crippen LogP contribution in [0.4, 0.5) is 0 Å². The zero-order valence-electron chi connectivity index (χ0n) is 12.0. The number of aromatic nitrogens is 1. The van der Waals surface area contributed by atoms with Crippen molar-refractivity contribution >= 4 is 5.91 Å². The molecule has 5 heteroatoms. The summed E-state index contributed by atoms with van der Waals surface area (Å²) in [5.41, 5.74) is -0.230. The topological polar surface area (TPSA) is 71.3 Å². The van der Waals surface area contributed by atoms with Gasteiger partial charge < -0.3 is 15.0 Å². The lowest BCUT2D eigenvalue weighted by Gasteiger charge is -2.24. The molecule has 0 radical (unpaired) electrons. The van der Waals surface area contributed by atoms with Crippen LogP contribution in [0.25, 0.3) is 0 Å². The number of rotatable bonds is 4. The molecule has 2 N–H and O–H groups in total. The summed E-state index contributed by atoms with van der Waals surface area (Å²) in [6, 6.07) is 11.9. The number of nitrogens with zero attached hydrogens (tertiary/aromatic N) is 1. The molecule has 2 rings (SSSR count). The molecule has 5 nitrogen and oxygen atoms in total. The molecule has 21 heavy (non-hydrogen) atoms. The molecule has 0 saturated carbocycles. The highest BCUT2D eigenvalue weighted by molar-refractivity contribution is 5.93. The number of aliphatic hydroxyl groups is 1. The van der Waals surface area contributed by atoms with Crippen molar-refractivity contribution in [2.75, 3.05) is 6.54 Å². The van der Waals surface area contributed by atoms with Gasteiger partial charge in [0, 0.05) is 19.3 Å². The number of carbonyl (C=O) groups is 1. The van der Waals surface area contributed by atoms with Gasteiger partial charge in [-0.05, 0) is 18.6 Å². The zero-order valence-corrected chi connectivity index (χ0v) is 12.0. The Labute approximate surface area is 122 Å². The van der Waals surface area contributed by atoms with E-state index in [9.17, 15) is 14.7 Å². The van der Waals surface area contributed by atoms with Crippen molar-refractivity contribution in [2.24, 2.45) is 7.05 Å². The van der Waals surface area contributed by atoms with Crippen LogP contribution in [0.5, 0.6) is 0 Å². The van der Waals surface area contributed by atoms with Crippen LogP contribution in [0.1, 0.15) is 22.8 Å². The first kappa shape index (κ1) is 15.0. The van der Waals surface area contributed by atoms with E-state index in [0.29, 0.717) is 5.56 Å². The van der Waals surface area contributed by atoms with Gasteiger partial charge in [0.2, 0.25) is 5.56 Å². The third-order valence-corrected chi connectivity index (χ3v) is 3.34. The van der Waals surface area contributed by atoms with E-state index < -0.39 is 5.60 Å². The number of carbonyl (C=O) groups excluding carboxylic acids is 1. The fraction of sp³-hybridized carbons (Fsp3) is 0.250. The van der Waals surface area contributed by atoms with Crippen molar-refractivity contribution in [3.8, 4) is 0 Å². The summed E-state index contributed by atoms with van der Waals surface area (Å²) in [5, 5.41) is 13.1. The molecule has 0 saturated heterocycles. The van der Waals surface area contributed by atoms with Crippen molar-refractivity contribution in [2.45, 2.75) is 12.5 Å². The fourth-order valence-corrected chi connectivity index (χ4v) is 1.98. The van der Waals surface area contributed by atoms with Crippen molar-refractivity contribution in [1.82, 2.24) is 9.88 Å². The molecule has 0 aliphatic rings. The number of amides is 1. The predicted molar refractivity (Wildman–Crippen MR) is 80.0 cm³/mol. The molecule has 0 spiro atoms. The average Bonchev–Trinajstić information content (AvgIpc) is 2.48. The first-order valence-electron chi connectivity index (χ1n) is 6.63. The van der Waals surface area contributed by atoms with E-state index in [1.807, 2.05) is 18.2 Å². The van der Waals surface area contributed by atoms with Crippen LogP contribution in [0.3, 0.4) is 0 Å². The number of nitrogens with one attached hydrogen (secondary N) is 1. The Hall–Kier alpha value is -2.40. The third-order valence-electron chi connectivity index (χ3n) is 3.34. The van der Waals surface area contributed by atoms with Crippen LogP contribution in [0.2, 0.25) is 0 Å². The van der Waals surface area contributed by atoms with Crippen LogP contribution in [0, 0.1) is 0 Å². The number of hydrogen-bond acceptors (Lipinski definition) is 3. The molecular weight excluding hydrogens is 268 g/mol. The summed E-state index contributed by atoms with van der Waals surface area (Å²) in [5.74, 6) is -0.332. The van der Waals surface area contributed by atoms with E-state index in [1.54, 1.807) is 26.1 Å². The molecule has 1 unspecified atom stereocenters. The molecule has 1 atom stereocenters. The Kier molecular flexibility index (Phi) is 4.23. The Bertz CT molecular complexity index is 690. The molecule has 0 bridgehead atoms. The van der Waals surface area contributed by atoms with Crippen LogP contribution in [0.15, 0.2) is 53.5 Å². The van der Waals surface area contributed by atoms with E-state index in [0.717, 1.165) is 5.56 Å². The first-order chi connectivity index (χ1) is 9.90. The highest BCUT2D eigenvalue weighted by Crippen LogP contribution is 2.19. The molecule has 2 aromatic rings. The highest BCUT2D eigenvalue weighted by atomic mass is 16.3. The van der Waals surface area contributed by atoms with Crippen LogP contribution < -0.4 is 10.9 Å². The van der Waals surface area contributed by atoms with Gasteiger partial charge in [0.05, 0.1) is 12.1 Å². The van der Waals surface area contributed by atoms with Gasteiger partial charge in [-0.25, -0.2) is 0 Å². The van der Waals surface area contributed by atoms with Gasteiger partial charge in [0.15, 0.2) is 0 Å². The minimum atomic E-state index is -1.16. The summed E-state index contributed by atoms with van der Waals surface area (Å²) >= 11 is 0. The van der Waals surface area contributed by atoms with Gasteiger partial charge in [-0.1, -0.05) is 30.3 Å². The standard InChI is InChI=1S/C16H18N2O3/c1-16(21,13-6-4-3-5-7-13)11-17-15(20)12-8-9-14(19)18(2)10-12/h3-10,21H,11H2,1-2H3,(H,17,20). The average molecular weight is 286 g/mol. The van der Waals surface area contributed by atoms with E-state index in [4.69, 9.17) is 0 Å². The van der Waals surface area contributed by atoms with Crippen molar-refractivity contribution in [3.05, 3.63) is 70.1 Å². The minimum Gasteiger partial charge on any atom is -0.384 e. The zero-order chi connectivity index (χ0) is 15.5. The lowest BCUT2D eigenvalue weighted by molar-refractivity contribution is 0.0526. The Morgan fingerprint density at radius 2 is 1.90 bits per heavy atom. The van der Waals surface area contributed by atoms with Gasteiger partial charge in [-0.15, -0.1) is 0 Å². The summed E-state index contributed by atoms with van der Waals surface area (Å²) < 4.78 is 1.34. The van der Waals surface area contributed by atoms with Crippen molar-refractivity contribution in [3.63, 3.8) is 0 Å². The number of pyridine rings is 1. The third kappa shape index (κ3) is 3.58. The van der Waals surface area contributed by atoms with Gasteiger partial charge in [-0.3, -0.25) is 9.59 Å². The number of benzene rings is 1. The molecule has 1 aromatic carbocycles. The second-order valence-corrected chi connectivity index (χ2v) is 5.19. The normalized spacial score (nSPS) is 13.5. The van der Waals surface area contributed by atoms with Gasteiger partial charge in [-0.2, -0.15) is 0 Å². The van der Waals surface area contributed by atoms with Gasteiger partial charge >= 0.3 is 0 Å². The maximum absolute atomic E-state index is 12.0. The molecule has 0 aliphatic heterocycles. The summed E-state index contributed by atoms with van der Waals surface area (Å²) in [7, 11) is 1.58. The van der Waals surface area contributed by atoms with Gasteiger partial charge in [0.25, 0.3) is 5.91 Å². The minimum absolute atomic E-state index is 0.0820. The van der Waals surface area contributed by atoms with Crippen molar-refractivity contribution < 1.29 is 9.90 Å². The largest absolute Gasteiger partial charge is 0.384 e. The Morgan fingerprint density at radius 1 is 1.24 bits per heavy atom. The lowest BCUT2D eigenvalue weighted by atomic mass is 9.96. The maximum atomic E-state index is 12.0. The van der Waals surface area contributed by atoms with Crippen molar-refractivity contribution in [1.29, 1.82) is 0 Å². The molecule has 110 valence electrons. The van der Waals surface area contributed by atoms with Crippen LogP contribution in [-0.2, 0) is 12.6 Å². The summed E-state index contributed by atoms with van der Waals surface area (Å²) in [4.78, 5) is 23.3. The van der Waals surface area contributed by atoms with E-state index >= 15 is 0 Å². The summed E-state index contributed by atoms with van der Waals surface area (Å²) in [6.07, 6.45) is 1.47. The molecule has 1 amide bonds. The molecule has 0 aliphatic carbocycles. The summed E-state index contributed by atoms with van der Waals surface area (Å²) in [6.45, 7) is 1.72. The second-order valence-electron chi connectivity index (χ2n) is 5.19. The van der Waals surface area contributed by atoms with E-state index in [1.165, 1.54) is 22.9 Å². The number of hydrogen-bond donors (Lipinski definition) is 2.